The summed E-state index contributed by atoms with van der Waals surface area (Å²) in [6.07, 6.45) is 1.22. The van der Waals surface area contributed by atoms with E-state index < -0.39 is 9.84 Å². The van der Waals surface area contributed by atoms with Gasteiger partial charge in [-0.2, -0.15) is 5.26 Å². The molecule has 0 saturated carbocycles. The molecule has 0 spiro atoms. The number of thioether (sulfide) groups is 1. The van der Waals surface area contributed by atoms with E-state index in [4.69, 9.17) is 0 Å². The van der Waals surface area contributed by atoms with Crippen LogP contribution in [0.3, 0.4) is 0 Å². The van der Waals surface area contributed by atoms with Gasteiger partial charge in [-0.3, -0.25) is 0 Å². The van der Waals surface area contributed by atoms with Crippen LogP contribution in [0.2, 0.25) is 0 Å². The molecule has 6 heteroatoms. The van der Waals surface area contributed by atoms with Crippen LogP contribution in [0.15, 0.2) is 23.1 Å². The molecule has 0 N–H and O–H groups in total. The maximum absolute atomic E-state index is 11.2. The lowest BCUT2D eigenvalue weighted by Crippen LogP contribution is -2.25. The lowest BCUT2D eigenvalue weighted by molar-refractivity contribution is 0.601. The number of anilines is 1. The van der Waals surface area contributed by atoms with Crippen molar-refractivity contribution in [2.75, 3.05) is 36.3 Å². The molecule has 0 fully saturated rings. The van der Waals surface area contributed by atoms with E-state index in [9.17, 15) is 13.7 Å². The van der Waals surface area contributed by atoms with Gasteiger partial charge in [0, 0.05) is 24.7 Å². The van der Waals surface area contributed by atoms with Crippen LogP contribution in [-0.2, 0) is 9.84 Å². The Hall–Kier alpha value is -1.19. The second kappa shape index (κ2) is 6.83. The van der Waals surface area contributed by atoms with Gasteiger partial charge in [0.25, 0.3) is 0 Å². The summed E-state index contributed by atoms with van der Waals surface area (Å²) in [6, 6.07) is 7.87. The number of sulfone groups is 1. The third-order valence-corrected chi connectivity index (χ3v) is 4.49. The number of benzene rings is 1. The minimum absolute atomic E-state index is 0.0829. The second-order valence-electron chi connectivity index (χ2n) is 4.25. The molecule has 0 unspecified atom stereocenters. The van der Waals surface area contributed by atoms with E-state index in [0.717, 1.165) is 16.3 Å². The number of rotatable bonds is 6. The Bertz CT molecular complexity index is 577. The van der Waals surface area contributed by atoms with Crippen LogP contribution in [-0.4, -0.2) is 39.8 Å². The first-order valence-corrected chi connectivity index (χ1v) is 8.98. The van der Waals surface area contributed by atoms with E-state index in [1.165, 1.54) is 6.26 Å². The molecule has 0 saturated heterocycles. The largest absolute Gasteiger partial charge is 0.372 e. The normalized spacial score (nSPS) is 11.1. The first kappa shape index (κ1) is 15.9. The van der Waals surface area contributed by atoms with Crippen molar-refractivity contribution >= 4 is 27.3 Å². The Balaban J connectivity index is 3.00. The van der Waals surface area contributed by atoms with E-state index in [1.54, 1.807) is 11.8 Å². The van der Waals surface area contributed by atoms with Gasteiger partial charge in [-0.15, -0.1) is 11.8 Å². The average Bonchev–Trinajstić information content (AvgIpc) is 2.35. The van der Waals surface area contributed by atoms with E-state index in [0.29, 0.717) is 12.1 Å². The minimum atomic E-state index is -3.00. The zero-order chi connectivity index (χ0) is 14.5. The molecule has 0 aromatic heterocycles. The minimum Gasteiger partial charge on any atom is -0.372 e. The Morgan fingerprint density at radius 3 is 2.63 bits per heavy atom. The summed E-state index contributed by atoms with van der Waals surface area (Å²) in [7, 11) is -1.19. The maximum atomic E-state index is 11.2. The van der Waals surface area contributed by atoms with E-state index in [1.807, 2.05) is 37.1 Å². The maximum Gasteiger partial charge on any atom is 0.149 e. The highest BCUT2D eigenvalue weighted by Crippen LogP contribution is 2.29. The summed E-state index contributed by atoms with van der Waals surface area (Å²) in [5.41, 5.74) is 1.40. The van der Waals surface area contributed by atoms with Crippen molar-refractivity contribution in [2.24, 2.45) is 0 Å². The van der Waals surface area contributed by atoms with Crippen molar-refractivity contribution in [2.45, 2.75) is 11.8 Å². The number of nitrogens with zero attached hydrogens (tertiary/aromatic N) is 2. The lowest BCUT2D eigenvalue weighted by Gasteiger charge is -2.21. The Kier molecular flexibility index (Phi) is 5.70. The van der Waals surface area contributed by atoms with Crippen molar-refractivity contribution in [1.82, 2.24) is 0 Å². The second-order valence-corrected chi connectivity index (χ2v) is 7.81. The fraction of sp³-hybridized carbons (Fsp3) is 0.462. The monoisotopic (exact) mass is 298 g/mol. The third-order valence-electron chi connectivity index (χ3n) is 2.62. The average molecular weight is 298 g/mol. The van der Waals surface area contributed by atoms with Crippen LogP contribution >= 0.6 is 11.8 Å². The number of nitriles is 1. The molecule has 1 rings (SSSR count). The molecule has 0 radical (unpaired) electrons. The molecule has 104 valence electrons. The highest BCUT2D eigenvalue weighted by atomic mass is 32.2. The van der Waals surface area contributed by atoms with Gasteiger partial charge in [0.2, 0.25) is 0 Å². The SMILES string of the molecule is CCSc1cccc(N(C)CCS(C)(=O)=O)c1C#N. The zero-order valence-electron chi connectivity index (χ0n) is 11.4. The predicted octanol–water partition coefficient (Wildman–Crippen LogP) is 2.15. The highest BCUT2D eigenvalue weighted by Gasteiger charge is 2.13. The fourth-order valence-electron chi connectivity index (χ4n) is 1.65. The van der Waals surface area contributed by atoms with Crippen molar-refractivity contribution in [3.63, 3.8) is 0 Å². The molecule has 0 atom stereocenters. The summed E-state index contributed by atoms with van der Waals surface area (Å²) in [5, 5.41) is 9.29. The predicted molar refractivity (Wildman–Crippen MR) is 80.5 cm³/mol. The molecule has 0 bridgehead atoms. The Morgan fingerprint density at radius 1 is 1.42 bits per heavy atom. The molecule has 0 heterocycles. The summed E-state index contributed by atoms with van der Waals surface area (Å²) in [6.45, 7) is 2.42. The van der Waals surface area contributed by atoms with E-state index >= 15 is 0 Å². The van der Waals surface area contributed by atoms with Crippen molar-refractivity contribution in [3.05, 3.63) is 23.8 Å². The number of hydrogen-bond acceptors (Lipinski definition) is 5. The first-order chi connectivity index (χ1) is 8.89. The summed E-state index contributed by atoms with van der Waals surface area (Å²) >= 11 is 1.61. The van der Waals surface area contributed by atoms with Crippen LogP contribution < -0.4 is 4.90 Å². The smallest absolute Gasteiger partial charge is 0.149 e. The van der Waals surface area contributed by atoms with Crippen molar-refractivity contribution < 1.29 is 8.42 Å². The van der Waals surface area contributed by atoms with Gasteiger partial charge >= 0.3 is 0 Å². The molecular weight excluding hydrogens is 280 g/mol. The standard InChI is InChI=1S/C13H18N2O2S2/c1-4-18-13-7-5-6-12(11(13)10-14)15(2)8-9-19(3,16)17/h5-7H,4,8-9H2,1-3H3. The molecule has 0 amide bonds. The molecule has 19 heavy (non-hydrogen) atoms. The van der Waals surface area contributed by atoms with Crippen LogP contribution in [0.25, 0.3) is 0 Å². The Morgan fingerprint density at radius 2 is 2.11 bits per heavy atom. The van der Waals surface area contributed by atoms with Gasteiger partial charge in [-0.25, -0.2) is 8.42 Å². The fourth-order valence-corrected chi connectivity index (χ4v) is 3.03. The van der Waals surface area contributed by atoms with Crippen LogP contribution in [0.1, 0.15) is 12.5 Å². The molecule has 0 aliphatic heterocycles. The van der Waals surface area contributed by atoms with E-state index in [-0.39, 0.29) is 5.75 Å². The molecular formula is C13H18N2O2S2. The molecule has 4 nitrogen and oxygen atoms in total. The Labute approximate surface area is 119 Å². The summed E-state index contributed by atoms with van der Waals surface area (Å²) < 4.78 is 22.4. The van der Waals surface area contributed by atoms with Crippen molar-refractivity contribution in [1.29, 1.82) is 5.26 Å². The van der Waals surface area contributed by atoms with Gasteiger partial charge < -0.3 is 4.90 Å². The third kappa shape index (κ3) is 4.77. The van der Waals surface area contributed by atoms with Crippen molar-refractivity contribution in [3.8, 4) is 6.07 Å². The van der Waals surface area contributed by atoms with Crippen LogP contribution in [0, 0.1) is 11.3 Å². The highest BCUT2D eigenvalue weighted by molar-refractivity contribution is 7.99. The molecule has 0 aliphatic rings. The van der Waals surface area contributed by atoms with Crippen LogP contribution in [0.5, 0.6) is 0 Å². The summed E-state index contributed by atoms with van der Waals surface area (Å²) in [4.78, 5) is 2.76. The quantitative estimate of drug-likeness (QED) is 0.753. The van der Waals surface area contributed by atoms with E-state index in [2.05, 4.69) is 6.07 Å². The molecule has 1 aromatic rings. The number of hydrogen-bond donors (Lipinski definition) is 0. The zero-order valence-corrected chi connectivity index (χ0v) is 13.0. The van der Waals surface area contributed by atoms with Gasteiger partial charge in [0.15, 0.2) is 0 Å². The van der Waals surface area contributed by atoms with Gasteiger partial charge in [-0.1, -0.05) is 13.0 Å². The summed E-state index contributed by atoms with van der Waals surface area (Å²) in [5.74, 6) is 0.977. The lowest BCUT2D eigenvalue weighted by atomic mass is 10.2. The molecule has 1 aromatic carbocycles. The van der Waals surface area contributed by atoms with Gasteiger partial charge in [0.1, 0.15) is 15.9 Å². The molecule has 0 aliphatic carbocycles. The first-order valence-electron chi connectivity index (χ1n) is 5.93. The van der Waals surface area contributed by atoms with Crippen LogP contribution in [0.4, 0.5) is 5.69 Å². The topological polar surface area (TPSA) is 61.2 Å². The van der Waals surface area contributed by atoms with Gasteiger partial charge in [-0.05, 0) is 17.9 Å². The van der Waals surface area contributed by atoms with Gasteiger partial charge in [0.05, 0.1) is 17.0 Å².